The molecule has 2 heteroatoms. The summed E-state index contributed by atoms with van der Waals surface area (Å²) in [5, 5.41) is 5.20. The van der Waals surface area contributed by atoms with E-state index in [2.05, 4.69) is 128 Å². The molecule has 2 nitrogen and oxygen atoms in total. The normalized spacial score (nSPS) is 12.4. The van der Waals surface area contributed by atoms with E-state index in [1.165, 1.54) is 54.8 Å². The number of hydrogen-bond donors (Lipinski definition) is 0. The maximum atomic E-state index is 4.95. The molecule has 35 heavy (non-hydrogen) atoms. The number of aromatic nitrogens is 2. The lowest BCUT2D eigenvalue weighted by Gasteiger charge is -2.24. The Kier molecular flexibility index (Phi) is 4.14. The number of rotatable bonds is 2. The molecule has 3 heterocycles. The molecule has 7 rings (SSSR count). The van der Waals surface area contributed by atoms with Crippen LogP contribution in [-0.4, -0.2) is 9.38 Å². The highest BCUT2D eigenvalue weighted by Gasteiger charge is 2.21. The van der Waals surface area contributed by atoms with E-state index >= 15 is 0 Å². The van der Waals surface area contributed by atoms with Crippen molar-refractivity contribution in [2.24, 2.45) is 0 Å². The number of pyridine rings is 1. The van der Waals surface area contributed by atoms with Crippen molar-refractivity contribution in [2.45, 2.75) is 26.2 Å². The Morgan fingerprint density at radius 2 is 1.29 bits per heavy atom. The number of hydrogen-bond acceptors (Lipinski definition) is 1. The summed E-state index contributed by atoms with van der Waals surface area (Å²) in [6.07, 6.45) is 2.05. The summed E-state index contributed by atoms with van der Waals surface area (Å²) in [6.45, 7) is 6.83. The molecule has 0 aliphatic rings. The average Bonchev–Trinajstić information content (AvgIpc) is 3.40. The second kappa shape index (κ2) is 7.16. The van der Waals surface area contributed by atoms with Crippen molar-refractivity contribution >= 4 is 38.1 Å². The molecule has 0 amide bonds. The van der Waals surface area contributed by atoms with Crippen LogP contribution in [0.4, 0.5) is 0 Å². The van der Waals surface area contributed by atoms with Crippen molar-refractivity contribution < 1.29 is 0 Å². The van der Waals surface area contributed by atoms with Crippen molar-refractivity contribution in [3.05, 3.63) is 109 Å². The molecule has 3 aromatic heterocycles. The summed E-state index contributed by atoms with van der Waals surface area (Å²) < 4.78 is 2.42. The highest BCUT2D eigenvalue weighted by atomic mass is 14.9. The molecule has 7 aromatic rings. The van der Waals surface area contributed by atoms with Gasteiger partial charge in [-0.05, 0) is 40.8 Å². The lowest BCUT2D eigenvalue weighted by atomic mass is 9.82. The summed E-state index contributed by atoms with van der Waals surface area (Å²) >= 11 is 0. The summed E-state index contributed by atoms with van der Waals surface area (Å²) in [6, 6.07) is 35.1. The van der Waals surface area contributed by atoms with Crippen molar-refractivity contribution in [3.8, 4) is 22.4 Å². The van der Waals surface area contributed by atoms with Gasteiger partial charge < -0.3 is 4.40 Å². The molecule has 0 atom stereocenters. The minimum Gasteiger partial charge on any atom is -0.308 e. The SMILES string of the molecule is CC(C)(C)c1cc(-c2ccc3c(c2)c2cccc4c5ccccc5n3c42)ncc1-c1ccccc1. The standard InChI is InChI=1S/C33H26N2/c1-33(2,3)28-19-29(34-20-27(28)21-10-5-4-6-11-21)22-16-17-31-26(18-22)25-14-9-13-24-23-12-7-8-15-30(23)35(31)32(24)25/h4-20H,1-3H3. The molecule has 0 spiro atoms. The summed E-state index contributed by atoms with van der Waals surface area (Å²) in [7, 11) is 0. The molecule has 0 bridgehead atoms. The topological polar surface area (TPSA) is 17.3 Å². The van der Waals surface area contributed by atoms with E-state index < -0.39 is 0 Å². The van der Waals surface area contributed by atoms with Crippen LogP contribution in [0.3, 0.4) is 0 Å². The Morgan fingerprint density at radius 1 is 0.600 bits per heavy atom. The smallest absolute Gasteiger partial charge is 0.0705 e. The Labute approximate surface area is 204 Å². The maximum absolute atomic E-state index is 4.95. The minimum absolute atomic E-state index is 0.00242. The maximum Gasteiger partial charge on any atom is 0.0705 e. The molecular weight excluding hydrogens is 424 g/mol. The van der Waals surface area contributed by atoms with Crippen molar-refractivity contribution in [1.29, 1.82) is 0 Å². The first kappa shape index (κ1) is 20.2. The highest BCUT2D eigenvalue weighted by Crippen LogP contribution is 2.41. The zero-order valence-corrected chi connectivity index (χ0v) is 20.2. The molecule has 0 radical (unpaired) electrons. The Bertz CT molecular complexity index is 1870. The molecule has 0 saturated heterocycles. The summed E-state index contributed by atoms with van der Waals surface area (Å²) in [5.41, 5.74) is 9.73. The molecule has 0 unspecified atom stereocenters. The van der Waals surface area contributed by atoms with Gasteiger partial charge in [-0.3, -0.25) is 4.98 Å². The van der Waals surface area contributed by atoms with Crippen LogP contribution < -0.4 is 0 Å². The predicted molar refractivity (Wildman–Crippen MR) is 148 cm³/mol. The van der Waals surface area contributed by atoms with Gasteiger partial charge in [0, 0.05) is 38.9 Å². The lowest BCUT2D eigenvalue weighted by molar-refractivity contribution is 0.591. The fraction of sp³-hybridized carbons (Fsp3) is 0.121. The van der Waals surface area contributed by atoms with Crippen LogP contribution in [0.15, 0.2) is 103 Å². The zero-order valence-electron chi connectivity index (χ0n) is 20.2. The largest absolute Gasteiger partial charge is 0.308 e. The highest BCUT2D eigenvalue weighted by molar-refractivity contribution is 6.23. The predicted octanol–water partition coefficient (Wildman–Crippen LogP) is 8.86. The number of fused-ring (bicyclic) bond motifs is 6. The molecule has 168 valence electrons. The minimum atomic E-state index is 0.00242. The molecule has 0 saturated carbocycles. The monoisotopic (exact) mass is 450 g/mol. The van der Waals surface area contributed by atoms with E-state index in [-0.39, 0.29) is 5.41 Å². The third kappa shape index (κ3) is 2.93. The van der Waals surface area contributed by atoms with Gasteiger partial charge >= 0.3 is 0 Å². The van der Waals surface area contributed by atoms with Crippen LogP contribution in [0.25, 0.3) is 60.5 Å². The number of para-hydroxylation sites is 2. The van der Waals surface area contributed by atoms with Crippen LogP contribution in [0.2, 0.25) is 0 Å². The van der Waals surface area contributed by atoms with Crippen LogP contribution in [0, 0.1) is 0 Å². The van der Waals surface area contributed by atoms with E-state index in [1.54, 1.807) is 0 Å². The fourth-order valence-corrected chi connectivity index (χ4v) is 5.67. The Hall–Kier alpha value is -4.17. The average molecular weight is 451 g/mol. The molecule has 0 fully saturated rings. The van der Waals surface area contributed by atoms with E-state index in [9.17, 15) is 0 Å². The Morgan fingerprint density at radius 3 is 2.09 bits per heavy atom. The van der Waals surface area contributed by atoms with Crippen molar-refractivity contribution in [2.75, 3.05) is 0 Å². The van der Waals surface area contributed by atoms with Gasteiger partial charge in [-0.1, -0.05) is 93.6 Å². The molecule has 0 aliphatic heterocycles. The Balaban J connectivity index is 1.47. The van der Waals surface area contributed by atoms with Gasteiger partial charge in [0.2, 0.25) is 0 Å². The van der Waals surface area contributed by atoms with E-state index in [0.717, 1.165) is 11.3 Å². The van der Waals surface area contributed by atoms with Gasteiger partial charge in [-0.15, -0.1) is 0 Å². The van der Waals surface area contributed by atoms with E-state index in [4.69, 9.17) is 4.98 Å². The zero-order chi connectivity index (χ0) is 23.7. The first-order valence-electron chi connectivity index (χ1n) is 12.2. The quantitative estimate of drug-likeness (QED) is 0.257. The fourth-order valence-electron chi connectivity index (χ4n) is 5.67. The number of benzene rings is 4. The number of nitrogens with zero attached hydrogens (tertiary/aromatic N) is 2. The second-order valence-electron chi connectivity index (χ2n) is 10.5. The van der Waals surface area contributed by atoms with Crippen LogP contribution >= 0.6 is 0 Å². The van der Waals surface area contributed by atoms with E-state index in [0.29, 0.717) is 0 Å². The van der Waals surface area contributed by atoms with Crippen molar-refractivity contribution in [3.63, 3.8) is 0 Å². The molecule has 4 aromatic carbocycles. The molecule has 0 aliphatic carbocycles. The summed E-state index contributed by atoms with van der Waals surface area (Å²) in [5.74, 6) is 0. The van der Waals surface area contributed by atoms with Gasteiger partial charge in [0.25, 0.3) is 0 Å². The first-order chi connectivity index (χ1) is 17.0. The lowest BCUT2D eigenvalue weighted by Crippen LogP contribution is -2.13. The van der Waals surface area contributed by atoms with Gasteiger partial charge in [0.15, 0.2) is 0 Å². The third-order valence-electron chi connectivity index (χ3n) is 7.31. The van der Waals surface area contributed by atoms with Crippen LogP contribution in [0.5, 0.6) is 0 Å². The molecular formula is C33H26N2. The van der Waals surface area contributed by atoms with Crippen molar-refractivity contribution in [1.82, 2.24) is 9.38 Å². The van der Waals surface area contributed by atoms with Gasteiger partial charge in [-0.25, -0.2) is 0 Å². The third-order valence-corrected chi connectivity index (χ3v) is 7.31. The van der Waals surface area contributed by atoms with Crippen LogP contribution in [0.1, 0.15) is 26.3 Å². The van der Waals surface area contributed by atoms with Crippen LogP contribution in [-0.2, 0) is 5.41 Å². The first-order valence-corrected chi connectivity index (χ1v) is 12.2. The summed E-state index contributed by atoms with van der Waals surface area (Å²) in [4.78, 5) is 4.95. The van der Waals surface area contributed by atoms with Gasteiger partial charge in [-0.2, -0.15) is 0 Å². The second-order valence-corrected chi connectivity index (χ2v) is 10.5. The molecule has 0 N–H and O–H groups in total. The van der Waals surface area contributed by atoms with E-state index in [1.807, 2.05) is 0 Å². The van der Waals surface area contributed by atoms with Gasteiger partial charge in [0.1, 0.15) is 0 Å². The van der Waals surface area contributed by atoms with Gasteiger partial charge in [0.05, 0.1) is 22.2 Å².